The normalized spacial score (nSPS) is 10.9. The summed E-state index contributed by atoms with van der Waals surface area (Å²) in [5, 5.41) is 26.8. The minimum atomic E-state index is -0.484. The van der Waals surface area contributed by atoms with Crippen molar-refractivity contribution in [1.29, 1.82) is 0 Å². The molecule has 3 N–H and O–H groups in total. The van der Waals surface area contributed by atoms with Gasteiger partial charge < -0.3 is 20.5 Å². The summed E-state index contributed by atoms with van der Waals surface area (Å²) in [5.41, 5.74) is 3.05. The molecule has 0 aliphatic heterocycles. The van der Waals surface area contributed by atoms with E-state index >= 15 is 0 Å². The number of carbonyl (C=O) groups is 2. The summed E-state index contributed by atoms with van der Waals surface area (Å²) in [6.45, 7) is 1.93. The largest absolute Gasteiger partial charge is 0.505 e. The lowest BCUT2D eigenvalue weighted by atomic mass is 10.0. The molecule has 0 bridgehead atoms. The Morgan fingerprint density at radius 3 is 2.25 bits per heavy atom. The molecule has 2 amide bonds. The number of rotatable bonds is 7. The van der Waals surface area contributed by atoms with Crippen LogP contribution < -0.4 is 15.4 Å². The van der Waals surface area contributed by atoms with E-state index in [-0.39, 0.29) is 28.6 Å². The Morgan fingerprint density at radius 1 is 0.750 bits per heavy atom. The zero-order valence-electron chi connectivity index (χ0n) is 21.9. The number of azo groups is 1. The molecule has 40 heavy (non-hydrogen) atoms. The summed E-state index contributed by atoms with van der Waals surface area (Å²) in [6, 6.07) is 30.1. The molecule has 198 valence electrons. The molecule has 0 heterocycles. The number of amides is 2. The van der Waals surface area contributed by atoms with Crippen molar-refractivity contribution in [1.82, 2.24) is 0 Å². The van der Waals surface area contributed by atoms with E-state index in [0.29, 0.717) is 33.5 Å². The van der Waals surface area contributed by atoms with Crippen molar-refractivity contribution in [2.75, 3.05) is 17.7 Å². The van der Waals surface area contributed by atoms with Gasteiger partial charge in [-0.05, 0) is 66.4 Å². The number of aryl methyl sites for hydroxylation is 1. The van der Waals surface area contributed by atoms with Gasteiger partial charge in [0.25, 0.3) is 11.8 Å². The van der Waals surface area contributed by atoms with E-state index in [9.17, 15) is 14.7 Å². The Kier molecular flexibility index (Phi) is 7.50. The van der Waals surface area contributed by atoms with Gasteiger partial charge in [0.15, 0.2) is 5.75 Å². The molecule has 0 fully saturated rings. The Hall–Kier alpha value is -5.50. The molecular formula is C32H26N4O4. The van der Waals surface area contributed by atoms with Crippen LogP contribution in [0.2, 0.25) is 0 Å². The predicted molar refractivity (Wildman–Crippen MR) is 156 cm³/mol. The SMILES string of the molecule is COc1ccc(C(=O)Nc2ccccc2)cc1/N=N/c1c(O)c(C(=O)Nc2cccc(C)c2)cc2ccccc12. The van der Waals surface area contributed by atoms with Gasteiger partial charge in [0.2, 0.25) is 0 Å². The van der Waals surface area contributed by atoms with Crippen molar-refractivity contribution in [3.8, 4) is 11.5 Å². The van der Waals surface area contributed by atoms with E-state index in [4.69, 9.17) is 4.74 Å². The third kappa shape index (κ3) is 5.66. The molecule has 8 heteroatoms. The molecule has 0 unspecified atom stereocenters. The van der Waals surface area contributed by atoms with Crippen LogP contribution in [0.25, 0.3) is 10.8 Å². The van der Waals surface area contributed by atoms with Crippen LogP contribution in [0.15, 0.2) is 113 Å². The van der Waals surface area contributed by atoms with Crippen LogP contribution in [0.1, 0.15) is 26.3 Å². The number of carbonyl (C=O) groups excluding carboxylic acids is 2. The van der Waals surface area contributed by atoms with Crippen LogP contribution in [-0.2, 0) is 0 Å². The minimum absolute atomic E-state index is 0.0529. The summed E-state index contributed by atoms with van der Waals surface area (Å²) >= 11 is 0. The van der Waals surface area contributed by atoms with E-state index in [1.54, 1.807) is 48.5 Å². The molecular weight excluding hydrogens is 504 g/mol. The number of fused-ring (bicyclic) bond motifs is 1. The number of hydrogen-bond donors (Lipinski definition) is 3. The third-order valence-electron chi connectivity index (χ3n) is 6.25. The van der Waals surface area contributed by atoms with Crippen LogP contribution in [-0.4, -0.2) is 24.0 Å². The minimum Gasteiger partial charge on any atom is -0.505 e. The highest BCUT2D eigenvalue weighted by Gasteiger charge is 2.19. The lowest BCUT2D eigenvalue weighted by Gasteiger charge is -2.12. The summed E-state index contributed by atoms with van der Waals surface area (Å²) in [7, 11) is 1.49. The van der Waals surface area contributed by atoms with E-state index in [2.05, 4.69) is 20.9 Å². The summed E-state index contributed by atoms with van der Waals surface area (Å²) in [6.07, 6.45) is 0. The Balaban J connectivity index is 1.51. The molecule has 0 spiro atoms. The number of para-hydroxylation sites is 1. The number of phenolic OH excluding ortho intramolecular Hbond substituents is 1. The Bertz CT molecular complexity index is 1750. The average molecular weight is 531 g/mol. The fourth-order valence-corrected chi connectivity index (χ4v) is 4.25. The van der Waals surface area contributed by atoms with Crippen molar-refractivity contribution in [3.63, 3.8) is 0 Å². The highest BCUT2D eigenvalue weighted by Crippen LogP contribution is 2.40. The number of nitrogens with zero attached hydrogens (tertiary/aromatic N) is 2. The van der Waals surface area contributed by atoms with E-state index in [1.165, 1.54) is 7.11 Å². The standard InChI is InChI=1S/C32H26N4O4/c1-20-9-8-13-24(17-20)34-32(39)26-18-21-10-6-7-14-25(21)29(30(26)37)36-35-27-19-22(15-16-28(27)40-2)31(38)33-23-11-4-3-5-12-23/h3-19,37H,1-2H3,(H,33,38)(H,34,39)/b36-35+. The quantitative estimate of drug-likeness (QED) is 0.186. The predicted octanol–water partition coefficient (Wildman–Crippen LogP) is 7.78. The lowest BCUT2D eigenvalue weighted by molar-refractivity contribution is 0.101. The molecule has 5 aromatic carbocycles. The number of hydrogen-bond acceptors (Lipinski definition) is 6. The molecule has 5 rings (SSSR count). The van der Waals surface area contributed by atoms with Gasteiger partial charge in [-0.2, -0.15) is 0 Å². The van der Waals surface area contributed by atoms with Gasteiger partial charge in [-0.15, -0.1) is 10.2 Å². The highest BCUT2D eigenvalue weighted by molar-refractivity contribution is 6.11. The second-order valence-electron chi connectivity index (χ2n) is 9.07. The summed E-state index contributed by atoms with van der Waals surface area (Å²) in [4.78, 5) is 26.0. The molecule has 0 saturated carbocycles. The van der Waals surface area contributed by atoms with Crippen LogP contribution in [0.4, 0.5) is 22.7 Å². The maximum atomic E-state index is 13.2. The lowest BCUT2D eigenvalue weighted by Crippen LogP contribution is -2.12. The van der Waals surface area contributed by atoms with Crippen molar-refractivity contribution >= 4 is 45.3 Å². The zero-order valence-corrected chi connectivity index (χ0v) is 21.9. The molecule has 0 aliphatic rings. The maximum Gasteiger partial charge on any atom is 0.259 e. The molecule has 0 radical (unpaired) electrons. The number of aromatic hydroxyl groups is 1. The average Bonchev–Trinajstić information content (AvgIpc) is 2.96. The molecule has 0 saturated heterocycles. The van der Waals surface area contributed by atoms with Crippen LogP contribution >= 0.6 is 0 Å². The van der Waals surface area contributed by atoms with Gasteiger partial charge in [0.1, 0.15) is 17.1 Å². The van der Waals surface area contributed by atoms with E-state index in [0.717, 1.165) is 5.56 Å². The van der Waals surface area contributed by atoms with Gasteiger partial charge in [-0.3, -0.25) is 9.59 Å². The van der Waals surface area contributed by atoms with Crippen molar-refractivity contribution in [2.45, 2.75) is 6.92 Å². The van der Waals surface area contributed by atoms with Gasteiger partial charge in [-0.1, -0.05) is 54.6 Å². The first-order valence-corrected chi connectivity index (χ1v) is 12.5. The first-order chi connectivity index (χ1) is 19.4. The zero-order chi connectivity index (χ0) is 28.1. The molecule has 0 atom stereocenters. The Labute approximate surface area is 231 Å². The number of phenols is 1. The first kappa shape index (κ1) is 26.1. The fraction of sp³-hybridized carbons (Fsp3) is 0.0625. The molecule has 0 aromatic heterocycles. The second kappa shape index (κ2) is 11.5. The van der Waals surface area contributed by atoms with Crippen molar-refractivity contribution in [3.05, 3.63) is 120 Å². The fourth-order valence-electron chi connectivity index (χ4n) is 4.25. The summed E-state index contributed by atoms with van der Waals surface area (Å²) in [5.74, 6) is -0.738. The van der Waals surface area contributed by atoms with Gasteiger partial charge in [0, 0.05) is 22.3 Å². The number of methoxy groups -OCH3 is 1. The van der Waals surface area contributed by atoms with Crippen LogP contribution in [0, 0.1) is 6.92 Å². The smallest absolute Gasteiger partial charge is 0.259 e. The number of anilines is 2. The van der Waals surface area contributed by atoms with E-state index in [1.807, 2.05) is 61.5 Å². The monoisotopic (exact) mass is 530 g/mol. The van der Waals surface area contributed by atoms with Gasteiger partial charge in [-0.25, -0.2) is 0 Å². The first-order valence-electron chi connectivity index (χ1n) is 12.5. The highest BCUT2D eigenvalue weighted by atomic mass is 16.5. The van der Waals surface area contributed by atoms with Gasteiger partial charge in [0.05, 0.1) is 12.7 Å². The third-order valence-corrected chi connectivity index (χ3v) is 6.25. The Morgan fingerprint density at radius 2 is 1.48 bits per heavy atom. The topological polar surface area (TPSA) is 112 Å². The van der Waals surface area contributed by atoms with Crippen molar-refractivity contribution < 1.29 is 19.4 Å². The van der Waals surface area contributed by atoms with Crippen LogP contribution in [0.3, 0.4) is 0 Å². The molecule has 0 aliphatic carbocycles. The van der Waals surface area contributed by atoms with Crippen molar-refractivity contribution in [2.24, 2.45) is 10.2 Å². The van der Waals surface area contributed by atoms with Crippen LogP contribution in [0.5, 0.6) is 11.5 Å². The maximum absolute atomic E-state index is 13.2. The molecule has 8 nitrogen and oxygen atoms in total. The van der Waals surface area contributed by atoms with Gasteiger partial charge >= 0.3 is 0 Å². The molecule has 5 aromatic rings. The van der Waals surface area contributed by atoms with E-state index < -0.39 is 5.91 Å². The summed E-state index contributed by atoms with van der Waals surface area (Å²) < 4.78 is 5.43. The number of benzene rings is 5. The number of ether oxygens (including phenoxy) is 1. The second-order valence-corrected chi connectivity index (χ2v) is 9.07. The number of nitrogens with one attached hydrogen (secondary N) is 2.